The fraction of sp³-hybridized carbons (Fsp3) is 0.250. The van der Waals surface area contributed by atoms with Gasteiger partial charge in [-0.15, -0.1) is 0 Å². The van der Waals surface area contributed by atoms with Crippen LogP contribution in [0.25, 0.3) is 10.9 Å². The molecule has 5 heteroatoms. The van der Waals surface area contributed by atoms with Crippen molar-refractivity contribution in [2.75, 3.05) is 5.32 Å². The maximum absolute atomic E-state index is 12.5. The van der Waals surface area contributed by atoms with Crippen LogP contribution < -0.4 is 10.9 Å². The van der Waals surface area contributed by atoms with Gasteiger partial charge < -0.3 is 5.32 Å². The molecule has 3 rings (SSSR count). The second-order valence-electron chi connectivity index (χ2n) is 6.06. The van der Waals surface area contributed by atoms with Crippen molar-refractivity contribution in [2.24, 2.45) is 0 Å². The SMILES string of the molecule is CCc1ccc(NC(=O)CCn2cnc3c(C)cccc3c2=O)cc1. The van der Waals surface area contributed by atoms with E-state index in [0.29, 0.717) is 17.4 Å². The number of aromatic nitrogens is 2. The standard InChI is InChI=1S/C20H21N3O2/c1-3-15-7-9-16(10-8-15)22-18(24)11-12-23-13-21-19-14(2)5-4-6-17(19)20(23)25/h4-10,13H,3,11-12H2,1-2H3,(H,22,24). The fourth-order valence-electron chi connectivity index (χ4n) is 2.77. The van der Waals surface area contributed by atoms with E-state index >= 15 is 0 Å². The zero-order valence-electron chi connectivity index (χ0n) is 14.5. The van der Waals surface area contributed by atoms with Crippen LogP contribution in [0.1, 0.15) is 24.5 Å². The number of para-hydroxylation sites is 1. The van der Waals surface area contributed by atoms with Crippen LogP contribution in [-0.2, 0) is 17.8 Å². The molecule has 1 N–H and O–H groups in total. The van der Waals surface area contributed by atoms with Gasteiger partial charge in [0.15, 0.2) is 0 Å². The van der Waals surface area contributed by atoms with E-state index < -0.39 is 0 Å². The molecule has 128 valence electrons. The Labute approximate surface area is 146 Å². The van der Waals surface area contributed by atoms with E-state index in [1.165, 1.54) is 16.5 Å². The second kappa shape index (κ2) is 7.30. The Bertz CT molecular complexity index is 959. The number of hydrogen-bond donors (Lipinski definition) is 1. The topological polar surface area (TPSA) is 64.0 Å². The molecule has 0 fully saturated rings. The van der Waals surface area contributed by atoms with Crippen molar-refractivity contribution in [3.8, 4) is 0 Å². The molecular formula is C20H21N3O2. The number of benzene rings is 2. The molecule has 0 unspecified atom stereocenters. The van der Waals surface area contributed by atoms with Crippen molar-refractivity contribution in [1.82, 2.24) is 9.55 Å². The highest BCUT2D eigenvalue weighted by Gasteiger charge is 2.08. The Kier molecular flexibility index (Phi) is 4.93. The van der Waals surface area contributed by atoms with Gasteiger partial charge >= 0.3 is 0 Å². The maximum Gasteiger partial charge on any atom is 0.261 e. The van der Waals surface area contributed by atoms with E-state index in [-0.39, 0.29) is 17.9 Å². The normalized spacial score (nSPS) is 10.8. The number of carbonyl (C=O) groups excluding carboxylic acids is 1. The summed E-state index contributed by atoms with van der Waals surface area (Å²) in [5.41, 5.74) is 3.55. The average molecular weight is 335 g/mol. The Balaban J connectivity index is 1.68. The summed E-state index contributed by atoms with van der Waals surface area (Å²) in [5.74, 6) is -0.125. The lowest BCUT2D eigenvalue weighted by Gasteiger charge is -2.09. The van der Waals surface area contributed by atoms with Gasteiger partial charge in [0.25, 0.3) is 5.56 Å². The van der Waals surface area contributed by atoms with Crippen molar-refractivity contribution < 1.29 is 4.79 Å². The molecule has 0 saturated heterocycles. The van der Waals surface area contributed by atoms with E-state index in [1.807, 2.05) is 43.3 Å². The van der Waals surface area contributed by atoms with Gasteiger partial charge in [0, 0.05) is 18.7 Å². The Hall–Kier alpha value is -2.95. The number of aryl methyl sites for hydroxylation is 3. The third-order valence-corrected chi connectivity index (χ3v) is 4.28. The van der Waals surface area contributed by atoms with Gasteiger partial charge in [0.1, 0.15) is 0 Å². The number of nitrogens with zero attached hydrogens (tertiary/aromatic N) is 2. The maximum atomic E-state index is 12.5. The molecule has 0 aliphatic rings. The van der Waals surface area contributed by atoms with Gasteiger partial charge in [-0.2, -0.15) is 0 Å². The molecule has 0 radical (unpaired) electrons. The fourth-order valence-corrected chi connectivity index (χ4v) is 2.77. The van der Waals surface area contributed by atoms with E-state index in [0.717, 1.165) is 17.7 Å². The smallest absolute Gasteiger partial charge is 0.261 e. The highest BCUT2D eigenvalue weighted by Crippen LogP contribution is 2.12. The van der Waals surface area contributed by atoms with Crippen molar-refractivity contribution in [2.45, 2.75) is 33.2 Å². The highest BCUT2D eigenvalue weighted by molar-refractivity contribution is 5.90. The van der Waals surface area contributed by atoms with E-state index in [1.54, 1.807) is 6.07 Å². The van der Waals surface area contributed by atoms with Gasteiger partial charge in [-0.1, -0.05) is 31.2 Å². The molecule has 0 spiro atoms. The molecule has 1 heterocycles. The predicted octanol–water partition coefficient (Wildman–Crippen LogP) is 3.30. The number of fused-ring (bicyclic) bond motifs is 1. The molecule has 1 amide bonds. The first-order chi connectivity index (χ1) is 12.1. The summed E-state index contributed by atoms with van der Waals surface area (Å²) < 4.78 is 1.49. The summed E-state index contributed by atoms with van der Waals surface area (Å²) in [6.45, 7) is 4.31. The summed E-state index contributed by atoms with van der Waals surface area (Å²) in [4.78, 5) is 29.0. The minimum absolute atomic E-state index is 0.117. The van der Waals surface area contributed by atoms with E-state index in [2.05, 4.69) is 17.2 Å². The first-order valence-electron chi connectivity index (χ1n) is 8.42. The number of carbonyl (C=O) groups is 1. The van der Waals surface area contributed by atoms with Gasteiger partial charge in [0.05, 0.1) is 17.2 Å². The largest absolute Gasteiger partial charge is 0.326 e. The van der Waals surface area contributed by atoms with Crippen LogP contribution in [0.4, 0.5) is 5.69 Å². The molecule has 25 heavy (non-hydrogen) atoms. The van der Waals surface area contributed by atoms with Crippen molar-refractivity contribution in [1.29, 1.82) is 0 Å². The summed E-state index contributed by atoms with van der Waals surface area (Å²) in [7, 11) is 0. The zero-order chi connectivity index (χ0) is 17.8. The summed E-state index contributed by atoms with van der Waals surface area (Å²) in [5, 5.41) is 3.44. The molecule has 2 aromatic carbocycles. The molecule has 5 nitrogen and oxygen atoms in total. The Morgan fingerprint density at radius 2 is 1.92 bits per heavy atom. The summed E-state index contributed by atoms with van der Waals surface area (Å²) in [6.07, 6.45) is 2.70. The third kappa shape index (κ3) is 3.76. The Morgan fingerprint density at radius 1 is 1.16 bits per heavy atom. The molecule has 3 aromatic rings. The van der Waals surface area contributed by atoms with Crippen LogP contribution in [0.15, 0.2) is 53.6 Å². The van der Waals surface area contributed by atoms with Gasteiger partial charge in [-0.25, -0.2) is 4.98 Å². The van der Waals surface area contributed by atoms with E-state index in [4.69, 9.17) is 0 Å². The molecule has 0 bridgehead atoms. The average Bonchev–Trinajstić information content (AvgIpc) is 2.62. The lowest BCUT2D eigenvalue weighted by atomic mass is 10.1. The van der Waals surface area contributed by atoms with Crippen molar-refractivity contribution >= 4 is 22.5 Å². The van der Waals surface area contributed by atoms with Crippen LogP contribution in [0, 0.1) is 6.92 Å². The number of nitrogens with one attached hydrogen (secondary N) is 1. The quantitative estimate of drug-likeness (QED) is 0.778. The van der Waals surface area contributed by atoms with Crippen LogP contribution in [-0.4, -0.2) is 15.5 Å². The molecule has 0 atom stereocenters. The van der Waals surface area contributed by atoms with Gasteiger partial charge in [-0.05, 0) is 42.7 Å². The molecular weight excluding hydrogens is 314 g/mol. The Morgan fingerprint density at radius 3 is 2.64 bits per heavy atom. The van der Waals surface area contributed by atoms with Crippen molar-refractivity contribution in [3.63, 3.8) is 0 Å². The molecule has 0 saturated carbocycles. The number of hydrogen-bond acceptors (Lipinski definition) is 3. The monoisotopic (exact) mass is 335 g/mol. The van der Waals surface area contributed by atoms with E-state index in [9.17, 15) is 9.59 Å². The minimum atomic E-state index is -0.125. The first kappa shape index (κ1) is 16.9. The van der Waals surface area contributed by atoms with Crippen LogP contribution in [0.3, 0.4) is 0 Å². The lowest BCUT2D eigenvalue weighted by Crippen LogP contribution is -2.23. The number of anilines is 1. The number of rotatable bonds is 5. The second-order valence-corrected chi connectivity index (χ2v) is 6.06. The third-order valence-electron chi connectivity index (χ3n) is 4.28. The van der Waals surface area contributed by atoms with Crippen LogP contribution >= 0.6 is 0 Å². The summed E-state index contributed by atoms with van der Waals surface area (Å²) in [6, 6.07) is 13.3. The molecule has 0 aliphatic heterocycles. The van der Waals surface area contributed by atoms with Crippen LogP contribution in [0.2, 0.25) is 0 Å². The van der Waals surface area contributed by atoms with Gasteiger partial charge in [-0.3, -0.25) is 14.2 Å². The number of amides is 1. The molecule has 0 aliphatic carbocycles. The predicted molar refractivity (Wildman–Crippen MR) is 99.8 cm³/mol. The first-order valence-corrected chi connectivity index (χ1v) is 8.42. The molecule has 1 aromatic heterocycles. The minimum Gasteiger partial charge on any atom is -0.326 e. The van der Waals surface area contributed by atoms with Gasteiger partial charge in [0.2, 0.25) is 5.91 Å². The zero-order valence-corrected chi connectivity index (χ0v) is 14.5. The van der Waals surface area contributed by atoms with Crippen molar-refractivity contribution in [3.05, 3.63) is 70.3 Å². The lowest BCUT2D eigenvalue weighted by molar-refractivity contribution is -0.116. The summed E-state index contributed by atoms with van der Waals surface area (Å²) >= 11 is 0. The highest BCUT2D eigenvalue weighted by atomic mass is 16.1. The van der Waals surface area contributed by atoms with Crippen LogP contribution in [0.5, 0.6) is 0 Å².